The van der Waals surface area contributed by atoms with Crippen molar-refractivity contribution in [3.63, 3.8) is 0 Å². The molecule has 0 spiro atoms. The summed E-state index contributed by atoms with van der Waals surface area (Å²) in [6, 6.07) is 0.550. The summed E-state index contributed by atoms with van der Waals surface area (Å²) >= 11 is 0. The molecule has 24 heavy (non-hydrogen) atoms. The van der Waals surface area contributed by atoms with Gasteiger partial charge in [-0.2, -0.15) is 0 Å². The highest BCUT2D eigenvalue weighted by molar-refractivity contribution is 7.91. The lowest BCUT2D eigenvalue weighted by atomic mass is 9.80. The van der Waals surface area contributed by atoms with Crippen LogP contribution in [0.4, 0.5) is 0 Å². The van der Waals surface area contributed by atoms with E-state index < -0.39 is 9.84 Å². The Morgan fingerprint density at radius 3 is 2.46 bits per heavy atom. The molecule has 2 heterocycles. The minimum Gasteiger partial charge on any atom is -0.381 e. The smallest absolute Gasteiger partial charge is 0.150 e. The Kier molecular flexibility index (Phi) is 6.22. The lowest BCUT2D eigenvalue weighted by Crippen LogP contribution is -2.54. The second-order valence-electron chi connectivity index (χ2n) is 8.31. The highest BCUT2D eigenvalue weighted by Gasteiger charge is 2.34. The van der Waals surface area contributed by atoms with E-state index >= 15 is 0 Å². The molecule has 3 aliphatic rings. The van der Waals surface area contributed by atoms with E-state index in [1.54, 1.807) is 0 Å². The van der Waals surface area contributed by atoms with Crippen molar-refractivity contribution < 1.29 is 13.2 Å². The summed E-state index contributed by atoms with van der Waals surface area (Å²) in [5, 5.41) is 7.42. The number of hydrogen-bond donors (Lipinski definition) is 2. The maximum absolute atomic E-state index is 11.7. The molecule has 1 aliphatic carbocycles. The van der Waals surface area contributed by atoms with Crippen LogP contribution in [0.2, 0.25) is 0 Å². The van der Waals surface area contributed by atoms with Gasteiger partial charge < -0.3 is 10.1 Å². The zero-order valence-electron chi connectivity index (χ0n) is 15.2. The van der Waals surface area contributed by atoms with Gasteiger partial charge in [0.2, 0.25) is 0 Å². The van der Waals surface area contributed by atoms with Gasteiger partial charge in [-0.05, 0) is 62.7 Å². The van der Waals surface area contributed by atoms with Crippen LogP contribution in [0.15, 0.2) is 0 Å². The van der Waals surface area contributed by atoms with E-state index in [1.165, 1.54) is 25.5 Å². The number of ether oxygens (including phenoxy) is 1. The van der Waals surface area contributed by atoms with Gasteiger partial charge in [-0.15, -0.1) is 0 Å². The third-order valence-corrected chi connectivity index (χ3v) is 8.14. The molecular formula is C18H34N2O3S. The van der Waals surface area contributed by atoms with Gasteiger partial charge in [0.15, 0.2) is 0 Å². The highest BCUT2D eigenvalue weighted by Crippen LogP contribution is 2.33. The van der Waals surface area contributed by atoms with Crippen LogP contribution in [0, 0.1) is 17.8 Å². The third kappa shape index (κ3) is 4.71. The Balaban J connectivity index is 1.44. The molecule has 2 saturated heterocycles. The van der Waals surface area contributed by atoms with E-state index in [9.17, 15) is 8.42 Å². The van der Waals surface area contributed by atoms with Crippen LogP contribution in [0.1, 0.15) is 51.9 Å². The number of nitrogens with one attached hydrogen (secondary N) is 2. The quantitative estimate of drug-likeness (QED) is 0.786. The average molecular weight is 359 g/mol. The van der Waals surface area contributed by atoms with Crippen LogP contribution in [-0.2, 0) is 14.6 Å². The Labute approximate surface area is 147 Å². The summed E-state index contributed by atoms with van der Waals surface area (Å²) in [5.41, 5.74) is 0. The van der Waals surface area contributed by atoms with Gasteiger partial charge in [-0.3, -0.25) is 5.32 Å². The van der Waals surface area contributed by atoms with Gasteiger partial charge in [0.1, 0.15) is 9.84 Å². The third-order valence-electron chi connectivity index (χ3n) is 6.46. The molecule has 140 valence electrons. The number of piperidine rings is 1. The highest BCUT2D eigenvalue weighted by atomic mass is 32.2. The van der Waals surface area contributed by atoms with Gasteiger partial charge in [0.25, 0.3) is 0 Å². The zero-order valence-corrected chi connectivity index (χ0v) is 16.0. The molecule has 0 amide bonds. The summed E-state index contributed by atoms with van der Waals surface area (Å²) in [7, 11) is -2.86. The predicted molar refractivity (Wildman–Crippen MR) is 96.6 cm³/mol. The van der Waals surface area contributed by atoms with Gasteiger partial charge in [-0.1, -0.05) is 6.92 Å². The van der Waals surface area contributed by atoms with Gasteiger partial charge in [0, 0.05) is 25.4 Å². The molecule has 4 unspecified atom stereocenters. The molecule has 0 bridgehead atoms. The van der Waals surface area contributed by atoms with Gasteiger partial charge in [-0.25, -0.2) is 8.42 Å². The van der Waals surface area contributed by atoms with Crippen molar-refractivity contribution >= 4 is 9.84 Å². The van der Waals surface area contributed by atoms with E-state index in [-0.39, 0.29) is 5.25 Å². The Bertz CT molecular complexity index is 502. The van der Waals surface area contributed by atoms with Crippen LogP contribution < -0.4 is 10.6 Å². The summed E-state index contributed by atoms with van der Waals surface area (Å²) in [6.45, 7) is 5.10. The van der Waals surface area contributed by atoms with Crippen molar-refractivity contribution in [2.45, 2.75) is 69.3 Å². The number of rotatable bonds is 5. The van der Waals surface area contributed by atoms with Crippen molar-refractivity contribution in [3.05, 3.63) is 0 Å². The van der Waals surface area contributed by atoms with Crippen molar-refractivity contribution in [2.75, 3.05) is 26.0 Å². The number of hydrogen-bond acceptors (Lipinski definition) is 5. The maximum atomic E-state index is 11.7. The lowest BCUT2D eigenvalue weighted by Gasteiger charge is -2.39. The molecule has 2 N–H and O–H groups in total. The standard InChI is InChI=1S/C18H34N2O3S/c1-13-11-23-12-15(13)10-19-18-5-3-4-17(20-18)14-6-8-16(9-7-14)24(2,21)22/h13-20H,3-12H2,1-2H3. The van der Waals surface area contributed by atoms with Crippen LogP contribution in [-0.4, -0.2) is 51.9 Å². The molecule has 2 aliphatic heterocycles. The molecule has 0 aromatic heterocycles. The molecule has 1 saturated carbocycles. The fourth-order valence-corrected chi connectivity index (χ4v) is 5.81. The van der Waals surface area contributed by atoms with E-state index in [0.717, 1.165) is 45.4 Å². The zero-order chi connectivity index (χ0) is 17.2. The summed E-state index contributed by atoms with van der Waals surface area (Å²) in [5.74, 6) is 1.93. The largest absolute Gasteiger partial charge is 0.381 e. The first-order valence-electron chi connectivity index (χ1n) is 9.69. The fraction of sp³-hybridized carbons (Fsp3) is 1.00. The Hall–Kier alpha value is -0.170. The first-order chi connectivity index (χ1) is 11.4. The van der Waals surface area contributed by atoms with Crippen molar-refractivity contribution in [2.24, 2.45) is 17.8 Å². The minimum absolute atomic E-state index is 0.102. The molecule has 0 aromatic rings. The first kappa shape index (κ1) is 18.6. The molecule has 0 radical (unpaired) electrons. The van der Waals surface area contributed by atoms with E-state index in [4.69, 9.17) is 4.74 Å². The molecule has 6 heteroatoms. The Morgan fingerprint density at radius 1 is 1.08 bits per heavy atom. The molecule has 4 atom stereocenters. The summed E-state index contributed by atoms with van der Waals surface area (Å²) in [6.07, 6.45) is 9.28. The average Bonchev–Trinajstić information content (AvgIpc) is 2.98. The number of sulfone groups is 1. The Morgan fingerprint density at radius 2 is 1.83 bits per heavy atom. The van der Waals surface area contributed by atoms with Gasteiger partial charge >= 0.3 is 0 Å². The SMILES string of the molecule is CC1COCC1CNC1CCCC(C2CCC(S(C)(=O)=O)CC2)N1. The molecular weight excluding hydrogens is 324 g/mol. The van der Waals surface area contributed by atoms with Gasteiger partial charge in [0.05, 0.1) is 18.0 Å². The molecule has 3 fully saturated rings. The minimum atomic E-state index is -2.86. The molecule has 5 nitrogen and oxygen atoms in total. The fourth-order valence-electron chi connectivity index (χ4n) is 4.68. The molecule has 0 aromatic carbocycles. The van der Waals surface area contributed by atoms with E-state index in [1.807, 2.05) is 0 Å². The maximum Gasteiger partial charge on any atom is 0.150 e. The van der Waals surface area contributed by atoms with Crippen molar-refractivity contribution in [1.29, 1.82) is 0 Å². The van der Waals surface area contributed by atoms with Crippen LogP contribution in [0.5, 0.6) is 0 Å². The molecule has 3 rings (SSSR count). The van der Waals surface area contributed by atoms with Crippen LogP contribution in [0.25, 0.3) is 0 Å². The van der Waals surface area contributed by atoms with E-state index in [0.29, 0.717) is 30.0 Å². The lowest BCUT2D eigenvalue weighted by molar-refractivity contribution is 0.172. The normalized spacial score (nSPS) is 41.4. The summed E-state index contributed by atoms with van der Waals surface area (Å²) in [4.78, 5) is 0. The first-order valence-corrected chi connectivity index (χ1v) is 11.6. The second-order valence-corrected chi connectivity index (χ2v) is 10.6. The van der Waals surface area contributed by atoms with Crippen molar-refractivity contribution in [1.82, 2.24) is 10.6 Å². The van der Waals surface area contributed by atoms with Crippen LogP contribution >= 0.6 is 0 Å². The predicted octanol–water partition coefficient (Wildman–Crippen LogP) is 1.93. The second kappa shape index (κ2) is 8.02. The topological polar surface area (TPSA) is 67.4 Å². The monoisotopic (exact) mass is 358 g/mol. The van der Waals surface area contributed by atoms with Crippen LogP contribution in [0.3, 0.4) is 0 Å². The van der Waals surface area contributed by atoms with Crippen molar-refractivity contribution in [3.8, 4) is 0 Å². The van der Waals surface area contributed by atoms with E-state index in [2.05, 4.69) is 17.6 Å². The summed E-state index contributed by atoms with van der Waals surface area (Å²) < 4.78 is 29.0.